The van der Waals surface area contributed by atoms with Gasteiger partial charge in [-0.3, -0.25) is 4.79 Å². The molecule has 0 saturated carbocycles. The highest BCUT2D eigenvalue weighted by molar-refractivity contribution is 5.72. The molecular formula is C32H36O8. The summed E-state index contributed by atoms with van der Waals surface area (Å²) < 4.78 is 28.2. The van der Waals surface area contributed by atoms with Gasteiger partial charge in [-0.2, -0.15) is 0 Å². The number of benzene rings is 3. The lowest BCUT2D eigenvalue weighted by molar-refractivity contribution is -0.141. The van der Waals surface area contributed by atoms with Crippen LogP contribution in [0.2, 0.25) is 0 Å². The molecule has 8 heteroatoms. The second kappa shape index (κ2) is 12.3. The molecule has 0 aliphatic carbocycles. The van der Waals surface area contributed by atoms with E-state index in [1.165, 1.54) is 7.11 Å². The average molecular weight is 549 g/mol. The summed E-state index contributed by atoms with van der Waals surface area (Å²) >= 11 is 0. The second-order valence-corrected chi connectivity index (χ2v) is 10.5. The highest BCUT2D eigenvalue weighted by atomic mass is 16.5. The van der Waals surface area contributed by atoms with Gasteiger partial charge in [-0.15, -0.1) is 0 Å². The third kappa shape index (κ3) is 6.41. The smallest absolute Gasteiger partial charge is 0.306 e. The van der Waals surface area contributed by atoms with Gasteiger partial charge in [0.05, 0.1) is 39.0 Å². The van der Waals surface area contributed by atoms with Crippen LogP contribution in [0.3, 0.4) is 0 Å². The molecule has 1 saturated heterocycles. The molecule has 2 heterocycles. The van der Waals surface area contributed by atoms with Gasteiger partial charge in [0.1, 0.15) is 36.6 Å². The van der Waals surface area contributed by atoms with Crippen LogP contribution in [-0.2, 0) is 20.9 Å². The van der Waals surface area contributed by atoms with Crippen LogP contribution in [0.4, 0.5) is 0 Å². The van der Waals surface area contributed by atoms with Gasteiger partial charge >= 0.3 is 5.97 Å². The molecule has 8 nitrogen and oxygen atoms in total. The van der Waals surface area contributed by atoms with Crippen LogP contribution in [-0.4, -0.2) is 61.4 Å². The molecule has 2 N–H and O–H groups in total. The molecule has 1 unspecified atom stereocenters. The van der Waals surface area contributed by atoms with Gasteiger partial charge in [0.2, 0.25) is 0 Å². The fraction of sp³-hybridized carbons (Fsp3) is 0.406. The molecule has 0 radical (unpaired) electrons. The van der Waals surface area contributed by atoms with Crippen LogP contribution in [0.15, 0.2) is 54.6 Å². The van der Waals surface area contributed by atoms with Crippen LogP contribution < -0.4 is 14.2 Å². The standard InChI is InChI=1S/C32H36O8/c1-19-9-25(38-17-26-13-28(33)29(34)18-39-26)10-20(2)32(19)22-6-4-5-21(11-22)15-37-24-7-8-27-23(12-31(35)36-3)16-40-30(27)14-24/h4-11,14,23,26,28-29,33-34H,12-13,15-18H2,1-3H3/t23?,26-,28-,29+/m0/s1. The summed E-state index contributed by atoms with van der Waals surface area (Å²) in [6, 6.07) is 18.1. The highest BCUT2D eigenvalue weighted by Gasteiger charge is 2.29. The van der Waals surface area contributed by atoms with E-state index in [4.69, 9.17) is 23.7 Å². The molecular weight excluding hydrogens is 512 g/mol. The maximum absolute atomic E-state index is 11.7. The van der Waals surface area contributed by atoms with E-state index < -0.39 is 12.2 Å². The van der Waals surface area contributed by atoms with Gasteiger partial charge in [0.25, 0.3) is 0 Å². The zero-order chi connectivity index (χ0) is 28.2. The molecule has 0 bridgehead atoms. The Morgan fingerprint density at radius 3 is 2.50 bits per heavy atom. The number of aliphatic hydroxyl groups is 2. The van der Waals surface area contributed by atoms with E-state index in [1.807, 2.05) is 42.5 Å². The summed E-state index contributed by atoms with van der Waals surface area (Å²) in [6.45, 7) is 5.42. The number of aryl methyl sites for hydroxylation is 2. The van der Waals surface area contributed by atoms with E-state index in [9.17, 15) is 15.0 Å². The number of fused-ring (bicyclic) bond motifs is 1. The first-order valence-electron chi connectivity index (χ1n) is 13.6. The lowest BCUT2D eigenvalue weighted by Gasteiger charge is -2.30. The Kier molecular flexibility index (Phi) is 8.59. The number of aliphatic hydroxyl groups excluding tert-OH is 2. The Bertz CT molecular complexity index is 1330. The molecule has 212 valence electrons. The van der Waals surface area contributed by atoms with Gasteiger partial charge in [0.15, 0.2) is 0 Å². The summed E-state index contributed by atoms with van der Waals surface area (Å²) in [6.07, 6.45) is -1.23. The fourth-order valence-corrected chi connectivity index (χ4v) is 5.39. The number of hydrogen-bond acceptors (Lipinski definition) is 8. The number of ether oxygens (including phenoxy) is 5. The van der Waals surface area contributed by atoms with E-state index >= 15 is 0 Å². The van der Waals surface area contributed by atoms with Crippen molar-refractivity contribution in [1.82, 2.24) is 0 Å². The summed E-state index contributed by atoms with van der Waals surface area (Å²) in [5.74, 6) is 1.96. The van der Waals surface area contributed by atoms with E-state index in [0.717, 1.165) is 44.9 Å². The number of esters is 1. The molecule has 3 aromatic carbocycles. The van der Waals surface area contributed by atoms with Gasteiger partial charge in [-0.05, 0) is 65.9 Å². The molecule has 40 heavy (non-hydrogen) atoms. The summed E-state index contributed by atoms with van der Waals surface area (Å²) in [5.41, 5.74) is 6.45. The third-order valence-corrected chi connectivity index (χ3v) is 7.52. The molecule has 0 spiro atoms. The molecule has 0 amide bonds. The Labute approximate surface area is 234 Å². The predicted octanol–water partition coefficient (Wildman–Crippen LogP) is 4.48. The molecule has 2 aliphatic rings. The Hall–Kier alpha value is -3.59. The molecule has 2 aliphatic heterocycles. The van der Waals surface area contributed by atoms with Crippen molar-refractivity contribution in [1.29, 1.82) is 0 Å². The van der Waals surface area contributed by atoms with E-state index in [-0.39, 0.29) is 24.6 Å². The molecule has 5 rings (SSSR count). The van der Waals surface area contributed by atoms with Crippen molar-refractivity contribution in [3.8, 4) is 28.4 Å². The zero-order valence-corrected chi connectivity index (χ0v) is 23.1. The first kappa shape index (κ1) is 28.0. The topological polar surface area (TPSA) is 104 Å². The predicted molar refractivity (Wildman–Crippen MR) is 149 cm³/mol. The van der Waals surface area contributed by atoms with Crippen molar-refractivity contribution >= 4 is 5.97 Å². The van der Waals surface area contributed by atoms with Crippen molar-refractivity contribution < 1.29 is 38.7 Å². The average Bonchev–Trinajstić information content (AvgIpc) is 3.34. The fourth-order valence-electron chi connectivity index (χ4n) is 5.39. The maximum atomic E-state index is 11.7. The Morgan fingerprint density at radius 1 is 0.950 bits per heavy atom. The number of carbonyl (C=O) groups excluding carboxylic acids is 1. The quantitative estimate of drug-likeness (QED) is 0.378. The largest absolute Gasteiger partial charge is 0.492 e. The SMILES string of the molecule is COC(=O)CC1COc2cc(OCc3cccc(-c4c(C)cc(OC[C@@H]5C[C@H](O)[C@H](O)CO5)cc4C)c3)ccc21. The van der Waals surface area contributed by atoms with Crippen molar-refractivity contribution in [3.05, 3.63) is 76.9 Å². The van der Waals surface area contributed by atoms with Crippen LogP contribution in [0, 0.1) is 13.8 Å². The number of methoxy groups -OCH3 is 1. The first-order chi connectivity index (χ1) is 19.3. The lowest BCUT2D eigenvalue weighted by atomic mass is 9.94. The minimum Gasteiger partial charge on any atom is -0.492 e. The Balaban J connectivity index is 1.22. The number of carbonyl (C=O) groups is 1. The minimum atomic E-state index is -0.837. The number of rotatable bonds is 9. The second-order valence-electron chi connectivity index (χ2n) is 10.5. The van der Waals surface area contributed by atoms with Gasteiger partial charge in [-0.1, -0.05) is 24.3 Å². The molecule has 4 atom stereocenters. The van der Waals surface area contributed by atoms with Crippen molar-refractivity contribution in [2.75, 3.05) is 26.9 Å². The van der Waals surface area contributed by atoms with E-state index in [0.29, 0.717) is 38.4 Å². The van der Waals surface area contributed by atoms with Gasteiger partial charge in [0, 0.05) is 24.0 Å². The van der Waals surface area contributed by atoms with Gasteiger partial charge < -0.3 is 33.9 Å². The lowest BCUT2D eigenvalue weighted by Crippen LogP contribution is -2.43. The summed E-state index contributed by atoms with van der Waals surface area (Å²) in [5, 5.41) is 19.5. The number of hydrogen-bond donors (Lipinski definition) is 2. The van der Waals surface area contributed by atoms with Gasteiger partial charge in [-0.25, -0.2) is 0 Å². The van der Waals surface area contributed by atoms with Crippen LogP contribution >= 0.6 is 0 Å². The van der Waals surface area contributed by atoms with Crippen LogP contribution in [0.25, 0.3) is 11.1 Å². The maximum Gasteiger partial charge on any atom is 0.306 e. The third-order valence-electron chi connectivity index (χ3n) is 7.52. The monoisotopic (exact) mass is 548 g/mol. The van der Waals surface area contributed by atoms with Crippen molar-refractivity contribution in [2.45, 2.75) is 57.5 Å². The first-order valence-corrected chi connectivity index (χ1v) is 13.6. The summed E-state index contributed by atoms with van der Waals surface area (Å²) in [4.78, 5) is 11.7. The molecule has 0 aromatic heterocycles. The van der Waals surface area contributed by atoms with Crippen LogP contribution in [0.1, 0.15) is 41.0 Å². The van der Waals surface area contributed by atoms with Crippen LogP contribution in [0.5, 0.6) is 17.2 Å². The molecule has 3 aromatic rings. The summed E-state index contributed by atoms with van der Waals surface area (Å²) in [7, 11) is 1.40. The normalized spacial score (nSPS) is 21.8. The van der Waals surface area contributed by atoms with E-state index in [2.05, 4.69) is 26.0 Å². The van der Waals surface area contributed by atoms with Crippen molar-refractivity contribution in [2.24, 2.45) is 0 Å². The molecule has 1 fully saturated rings. The Morgan fingerprint density at radius 2 is 1.75 bits per heavy atom. The minimum absolute atomic E-state index is 0.000961. The zero-order valence-electron chi connectivity index (χ0n) is 23.1. The highest BCUT2D eigenvalue weighted by Crippen LogP contribution is 2.39. The van der Waals surface area contributed by atoms with Crippen molar-refractivity contribution in [3.63, 3.8) is 0 Å². The van der Waals surface area contributed by atoms with E-state index in [1.54, 1.807) is 0 Å².